The van der Waals surface area contributed by atoms with Crippen LogP contribution in [0.1, 0.15) is 6.92 Å². The van der Waals surface area contributed by atoms with Gasteiger partial charge in [0, 0.05) is 5.56 Å². The van der Waals surface area contributed by atoms with Crippen molar-refractivity contribution in [2.75, 3.05) is 14.2 Å². The van der Waals surface area contributed by atoms with E-state index in [9.17, 15) is 4.79 Å². The molecular weight excluding hydrogens is 344 g/mol. The summed E-state index contributed by atoms with van der Waals surface area (Å²) in [6, 6.07) is 11.2. The van der Waals surface area contributed by atoms with Crippen molar-refractivity contribution in [3.8, 4) is 22.9 Å². The van der Waals surface area contributed by atoms with E-state index in [0.717, 1.165) is 16.6 Å². The maximum Gasteiger partial charge on any atom is 0.346 e. The minimum atomic E-state index is -0.812. The standard InChI is InChI=1S/C18H17ClN2O4/c1-10(18(22)24-3)25-16-12(19)8-11(9-15(16)23-2)17-20-13-6-4-5-7-14(13)21-17/h4-10H,1-3H3,(H,20,21). The summed E-state index contributed by atoms with van der Waals surface area (Å²) in [5, 5.41) is 0.311. The van der Waals surface area contributed by atoms with Gasteiger partial charge in [0.1, 0.15) is 5.82 Å². The van der Waals surface area contributed by atoms with E-state index in [4.69, 9.17) is 21.1 Å². The Bertz CT molecular complexity index is 890. The predicted octanol–water partition coefficient (Wildman–Crippen LogP) is 3.83. The molecule has 0 aliphatic rings. The number of nitrogens with one attached hydrogen (secondary N) is 1. The van der Waals surface area contributed by atoms with Gasteiger partial charge >= 0.3 is 5.97 Å². The van der Waals surface area contributed by atoms with Gasteiger partial charge < -0.3 is 19.2 Å². The van der Waals surface area contributed by atoms with Crippen molar-refractivity contribution in [1.29, 1.82) is 0 Å². The number of halogens is 1. The largest absolute Gasteiger partial charge is 0.493 e. The van der Waals surface area contributed by atoms with Crippen molar-refractivity contribution in [3.05, 3.63) is 41.4 Å². The van der Waals surface area contributed by atoms with Crippen LogP contribution in [-0.2, 0) is 9.53 Å². The predicted molar refractivity (Wildman–Crippen MR) is 95.2 cm³/mol. The maximum absolute atomic E-state index is 11.6. The van der Waals surface area contributed by atoms with Gasteiger partial charge in [-0.15, -0.1) is 0 Å². The van der Waals surface area contributed by atoms with Crippen LogP contribution in [0.15, 0.2) is 36.4 Å². The molecule has 1 aromatic heterocycles. The lowest BCUT2D eigenvalue weighted by molar-refractivity contribution is -0.147. The summed E-state index contributed by atoms with van der Waals surface area (Å²) in [5.74, 6) is 0.842. The summed E-state index contributed by atoms with van der Waals surface area (Å²) in [7, 11) is 2.80. The van der Waals surface area contributed by atoms with E-state index in [2.05, 4.69) is 14.7 Å². The molecule has 0 saturated heterocycles. The molecule has 7 heteroatoms. The van der Waals surface area contributed by atoms with E-state index in [1.807, 2.05) is 24.3 Å². The van der Waals surface area contributed by atoms with Crippen LogP contribution in [0.2, 0.25) is 5.02 Å². The summed E-state index contributed by atoms with van der Waals surface area (Å²) >= 11 is 6.36. The van der Waals surface area contributed by atoms with Gasteiger partial charge in [-0.05, 0) is 31.2 Å². The molecule has 1 heterocycles. The highest BCUT2D eigenvalue weighted by Gasteiger charge is 2.21. The highest BCUT2D eigenvalue weighted by Crippen LogP contribution is 2.39. The first-order valence-electron chi connectivity index (χ1n) is 7.60. The Morgan fingerprint density at radius 1 is 1.24 bits per heavy atom. The van der Waals surface area contributed by atoms with Crippen LogP contribution in [0.5, 0.6) is 11.5 Å². The number of carbonyl (C=O) groups is 1. The second kappa shape index (κ2) is 7.03. The van der Waals surface area contributed by atoms with Crippen LogP contribution < -0.4 is 9.47 Å². The fourth-order valence-corrected chi connectivity index (χ4v) is 2.71. The van der Waals surface area contributed by atoms with Crippen LogP contribution in [0.25, 0.3) is 22.4 Å². The molecule has 0 fully saturated rings. The Morgan fingerprint density at radius 2 is 2.00 bits per heavy atom. The summed E-state index contributed by atoms with van der Waals surface area (Å²) in [5.41, 5.74) is 2.52. The van der Waals surface area contributed by atoms with Gasteiger partial charge in [0.05, 0.1) is 30.3 Å². The SMILES string of the molecule is COC(=O)C(C)Oc1c(Cl)cc(-c2nc3ccccc3[nH]2)cc1OC. The van der Waals surface area contributed by atoms with Crippen molar-refractivity contribution in [1.82, 2.24) is 9.97 Å². The molecule has 0 amide bonds. The second-order valence-corrected chi connectivity index (χ2v) is 5.78. The number of aromatic nitrogens is 2. The zero-order chi connectivity index (χ0) is 18.0. The third-order valence-corrected chi connectivity index (χ3v) is 4.00. The van der Waals surface area contributed by atoms with Crippen LogP contribution in [-0.4, -0.2) is 36.3 Å². The van der Waals surface area contributed by atoms with Crippen molar-refractivity contribution in [2.45, 2.75) is 13.0 Å². The number of para-hydroxylation sites is 2. The first kappa shape index (κ1) is 17.1. The Kier molecular flexibility index (Phi) is 4.81. The van der Waals surface area contributed by atoms with E-state index in [-0.39, 0.29) is 5.75 Å². The van der Waals surface area contributed by atoms with Crippen molar-refractivity contribution < 1.29 is 19.0 Å². The minimum Gasteiger partial charge on any atom is -0.493 e. The molecule has 1 unspecified atom stereocenters. The van der Waals surface area contributed by atoms with E-state index in [1.165, 1.54) is 14.2 Å². The number of benzene rings is 2. The van der Waals surface area contributed by atoms with E-state index in [0.29, 0.717) is 16.6 Å². The topological polar surface area (TPSA) is 73.4 Å². The number of nitrogens with zero attached hydrogens (tertiary/aromatic N) is 1. The summed E-state index contributed by atoms with van der Waals surface area (Å²) in [6.45, 7) is 1.58. The minimum absolute atomic E-state index is 0.280. The van der Waals surface area contributed by atoms with Gasteiger partial charge in [-0.3, -0.25) is 0 Å². The van der Waals surface area contributed by atoms with Gasteiger partial charge in [0.2, 0.25) is 0 Å². The lowest BCUT2D eigenvalue weighted by Gasteiger charge is -2.17. The lowest BCUT2D eigenvalue weighted by Crippen LogP contribution is -2.25. The molecule has 3 aromatic rings. The van der Waals surface area contributed by atoms with Gasteiger partial charge in [-0.1, -0.05) is 23.7 Å². The van der Waals surface area contributed by atoms with Gasteiger partial charge in [0.15, 0.2) is 17.6 Å². The van der Waals surface area contributed by atoms with Crippen LogP contribution in [0.4, 0.5) is 0 Å². The monoisotopic (exact) mass is 360 g/mol. The molecule has 0 bridgehead atoms. The molecule has 0 aliphatic heterocycles. The number of rotatable bonds is 5. The quantitative estimate of drug-likeness (QED) is 0.700. The number of aromatic amines is 1. The van der Waals surface area contributed by atoms with Crippen LogP contribution in [0, 0.1) is 0 Å². The molecule has 1 atom stereocenters. The Hall–Kier alpha value is -2.73. The Balaban J connectivity index is 2.00. The summed E-state index contributed by atoms with van der Waals surface area (Å²) in [6.07, 6.45) is -0.812. The first-order valence-corrected chi connectivity index (χ1v) is 7.98. The number of carbonyl (C=O) groups excluding carboxylic acids is 1. The molecule has 2 aromatic carbocycles. The van der Waals surface area contributed by atoms with Gasteiger partial charge in [-0.25, -0.2) is 9.78 Å². The van der Waals surface area contributed by atoms with E-state index in [1.54, 1.807) is 19.1 Å². The second-order valence-electron chi connectivity index (χ2n) is 5.38. The molecule has 0 aliphatic carbocycles. The van der Waals surface area contributed by atoms with Crippen molar-refractivity contribution in [3.63, 3.8) is 0 Å². The van der Waals surface area contributed by atoms with E-state index >= 15 is 0 Å². The number of methoxy groups -OCH3 is 2. The molecule has 6 nitrogen and oxygen atoms in total. The third kappa shape index (κ3) is 3.39. The number of imidazole rings is 1. The molecule has 25 heavy (non-hydrogen) atoms. The Morgan fingerprint density at radius 3 is 2.68 bits per heavy atom. The summed E-state index contributed by atoms with van der Waals surface area (Å²) in [4.78, 5) is 19.4. The smallest absolute Gasteiger partial charge is 0.346 e. The number of H-pyrrole nitrogens is 1. The van der Waals surface area contributed by atoms with Crippen molar-refractivity contribution >= 4 is 28.6 Å². The fourth-order valence-electron chi connectivity index (χ4n) is 2.45. The van der Waals surface area contributed by atoms with Crippen LogP contribution >= 0.6 is 11.6 Å². The highest BCUT2D eigenvalue weighted by atomic mass is 35.5. The Labute approximate surface area is 149 Å². The van der Waals surface area contributed by atoms with Crippen LogP contribution in [0.3, 0.4) is 0 Å². The van der Waals surface area contributed by atoms with E-state index < -0.39 is 12.1 Å². The molecule has 0 saturated carbocycles. The van der Waals surface area contributed by atoms with Gasteiger partial charge in [-0.2, -0.15) is 0 Å². The number of hydrogen-bond donors (Lipinski definition) is 1. The molecular formula is C18H17ClN2O4. The summed E-state index contributed by atoms with van der Waals surface area (Å²) < 4.78 is 15.6. The average molecular weight is 361 g/mol. The molecule has 0 spiro atoms. The normalized spacial score (nSPS) is 12.0. The molecule has 0 radical (unpaired) electrons. The van der Waals surface area contributed by atoms with Crippen molar-refractivity contribution in [2.24, 2.45) is 0 Å². The average Bonchev–Trinajstić information content (AvgIpc) is 3.06. The zero-order valence-corrected chi connectivity index (χ0v) is 14.8. The lowest BCUT2D eigenvalue weighted by atomic mass is 10.2. The third-order valence-electron chi connectivity index (χ3n) is 3.72. The number of fused-ring (bicyclic) bond motifs is 1. The molecule has 3 rings (SSSR count). The number of esters is 1. The fraction of sp³-hybridized carbons (Fsp3) is 0.222. The zero-order valence-electron chi connectivity index (χ0n) is 14.0. The first-order chi connectivity index (χ1) is 12.0. The highest BCUT2D eigenvalue weighted by molar-refractivity contribution is 6.32. The van der Waals surface area contributed by atoms with Gasteiger partial charge in [0.25, 0.3) is 0 Å². The number of hydrogen-bond acceptors (Lipinski definition) is 5. The number of ether oxygens (including phenoxy) is 3. The molecule has 1 N–H and O–H groups in total. The molecule has 130 valence electrons. The maximum atomic E-state index is 11.6.